The highest BCUT2D eigenvalue weighted by Gasteiger charge is 2.50. The Morgan fingerprint density at radius 1 is 0.603 bits per heavy atom. The minimum Gasteiger partial charge on any atom is -0.374 e. The van der Waals surface area contributed by atoms with Crippen molar-refractivity contribution in [1.82, 2.24) is 4.98 Å². The molecule has 2 heterocycles. The smallest absolute Gasteiger partial charge is 0.374 e. The van der Waals surface area contributed by atoms with Crippen molar-refractivity contribution in [3.8, 4) is 11.3 Å². The van der Waals surface area contributed by atoms with Crippen LogP contribution in [0.15, 0.2) is 158 Å². The summed E-state index contributed by atoms with van der Waals surface area (Å²) in [5, 5.41) is 0. The highest BCUT2D eigenvalue weighted by Crippen LogP contribution is 2.39. The van der Waals surface area contributed by atoms with Gasteiger partial charge in [-0.2, -0.15) is 13.2 Å². The first kappa shape index (κ1) is 41.0. The van der Waals surface area contributed by atoms with Gasteiger partial charge in [0.1, 0.15) is 24.4 Å². The molecule has 6 aromatic rings. The molecule has 5 aromatic carbocycles. The van der Waals surface area contributed by atoms with E-state index in [9.17, 15) is 13.2 Å². The summed E-state index contributed by atoms with van der Waals surface area (Å²) in [6.45, 7) is 5.62. The predicted molar refractivity (Wildman–Crippen MR) is 218 cm³/mol. The third-order valence-electron chi connectivity index (χ3n) is 10.6. The number of rotatable bonds is 16. The van der Waals surface area contributed by atoms with Crippen LogP contribution in [0.25, 0.3) is 11.3 Å². The molecule has 1 aliphatic heterocycles. The predicted octanol–water partition coefficient (Wildman–Crippen LogP) is 10.9. The van der Waals surface area contributed by atoms with Crippen LogP contribution in [-0.2, 0) is 56.3 Å². The third-order valence-corrected chi connectivity index (χ3v) is 10.6. The third kappa shape index (κ3) is 10.7. The first-order chi connectivity index (χ1) is 28.2. The Hall–Kier alpha value is -5.16. The molecule has 1 aliphatic rings. The van der Waals surface area contributed by atoms with Crippen LogP contribution in [0.5, 0.6) is 0 Å². The number of alkyl halides is 3. The molecular formula is C49H48F3NO5. The molecule has 0 radical (unpaired) electrons. The fraction of sp³-hybridized carbons (Fsp3) is 0.286. The second-order valence-corrected chi connectivity index (χ2v) is 14.7. The molecule has 1 fully saturated rings. The molecule has 58 heavy (non-hydrogen) atoms. The lowest BCUT2D eigenvalue weighted by Gasteiger charge is -2.48. The largest absolute Gasteiger partial charge is 0.416 e. The zero-order valence-electron chi connectivity index (χ0n) is 32.6. The first-order valence-electron chi connectivity index (χ1n) is 19.6. The van der Waals surface area contributed by atoms with E-state index in [1.54, 1.807) is 0 Å². The van der Waals surface area contributed by atoms with Gasteiger partial charge in [-0.05, 0) is 58.5 Å². The molecular weight excluding hydrogens is 740 g/mol. The van der Waals surface area contributed by atoms with Crippen molar-refractivity contribution in [3.63, 3.8) is 0 Å². The van der Waals surface area contributed by atoms with Gasteiger partial charge in [-0.1, -0.05) is 140 Å². The summed E-state index contributed by atoms with van der Waals surface area (Å²) in [7, 11) is 0. The lowest BCUT2D eigenvalue weighted by Crippen LogP contribution is -2.62. The summed E-state index contributed by atoms with van der Waals surface area (Å²) in [6, 6.07) is 47.7. The number of hydrogen-bond acceptors (Lipinski definition) is 6. The Bertz CT molecular complexity index is 2150. The van der Waals surface area contributed by atoms with E-state index in [1.807, 2.05) is 146 Å². The quantitative estimate of drug-likeness (QED) is 0.0974. The number of aromatic nitrogens is 1. The number of halogens is 3. The highest BCUT2D eigenvalue weighted by molar-refractivity contribution is 5.62. The standard InChI is InChI=1S/C49H48F3NO5/c1-34-27-40(43-28-41(25-26-53-43)49(50,51)52)23-24-42(34)35(2)45-47(56-31-38-19-11-5-12-20-38)48(57-32-39-21-13-6-14-22-39)46(55-30-37-17-9-4-10-18-37)44(58-45)33-54-29-36-15-7-3-8-16-36/h3-28,35,44-48H,29-33H2,1-2H3/t35?,44-,45-,46-,47-,48+/m1/s1. The van der Waals surface area contributed by atoms with Crippen LogP contribution in [0, 0.1) is 6.92 Å². The van der Waals surface area contributed by atoms with Crippen LogP contribution in [0.2, 0.25) is 0 Å². The lowest BCUT2D eigenvalue weighted by atomic mass is 9.82. The van der Waals surface area contributed by atoms with Crippen molar-refractivity contribution in [2.75, 3.05) is 6.61 Å². The van der Waals surface area contributed by atoms with Crippen molar-refractivity contribution in [3.05, 3.63) is 197 Å². The van der Waals surface area contributed by atoms with Gasteiger partial charge in [0.15, 0.2) is 0 Å². The van der Waals surface area contributed by atoms with Gasteiger partial charge in [-0.15, -0.1) is 0 Å². The van der Waals surface area contributed by atoms with Crippen LogP contribution in [0.4, 0.5) is 13.2 Å². The Kier molecular flexibility index (Phi) is 13.8. The van der Waals surface area contributed by atoms with Gasteiger partial charge >= 0.3 is 6.18 Å². The van der Waals surface area contributed by atoms with Gasteiger partial charge in [0.05, 0.1) is 50.4 Å². The summed E-state index contributed by atoms with van der Waals surface area (Å²) < 4.78 is 75.0. The van der Waals surface area contributed by atoms with E-state index < -0.39 is 42.3 Å². The van der Waals surface area contributed by atoms with Crippen molar-refractivity contribution in [1.29, 1.82) is 0 Å². The maximum Gasteiger partial charge on any atom is 0.416 e. The maximum absolute atomic E-state index is 13.6. The molecule has 0 spiro atoms. The zero-order valence-corrected chi connectivity index (χ0v) is 32.6. The Morgan fingerprint density at radius 2 is 1.10 bits per heavy atom. The van der Waals surface area contributed by atoms with Crippen molar-refractivity contribution >= 4 is 0 Å². The van der Waals surface area contributed by atoms with Gasteiger partial charge in [0, 0.05) is 17.7 Å². The first-order valence-corrected chi connectivity index (χ1v) is 19.6. The molecule has 9 heteroatoms. The van der Waals surface area contributed by atoms with Gasteiger partial charge in [0.25, 0.3) is 0 Å². The van der Waals surface area contributed by atoms with Crippen LogP contribution in [0.1, 0.15) is 51.8 Å². The van der Waals surface area contributed by atoms with E-state index in [2.05, 4.69) is 11.9 Å². The monoisotopic (exact) mass is 787 g/mol. The Balaban J connectivity index is 1.25. The summed E-state index contributed by atoms with van der Waals surface area (Å²) in [6.07, 6.45) is -6.15. The maximum atomic E-state index is 13.6. The highest BCUT2D eigenvalue weighted by atomic mass is 19.4. The van der Waals surface area contributed by atoms with Crippen molar-refractivity contribution in [2.24, 2.45) is 0 Å². The van der Waals surface area contributed by atoms with E-state index in [0.29, 0.717) is 32.0 Å². The summed E-state index contributed by atoms with van der Waals surface area (Å²) in [5.74, 6) is -0.251. The van der Waals surface area contributed by atoms with Crippen LogP contribution >= 0.6 is 0 Å². The normalized spacial score (nSPS) is 20.1. The fourth-order valence-electron chi connectivity index (χ4n) is 7.52. The summed E-state index contributed by atoms with van der Waals surface area (Å²) in [4.78, 5) is 4.27. The van der Waals surface area contributed by atoms with E-state index in [-0.39, 0.29) is 18.2 Å². The number of hydrogen-bond donors (Lipinski definition) is 0. The van der Waals surface area contributed by atoms with Crippen LogP contribution in [0.3, 0.4) is 0 Å². The van der Waals surface area contributed by atoms with E-state index in [1.165, 1.54) is 6.20 Å². The number of aryl methyl sites for hydroxylation is 1. The molecule has 0 aliphatic carbocycles. The average Bonchev–Trinajstić information content (AvgIpc) is 3.25. The number of benzene rings is 5. The Labute approximate surface area is 338 Å². The molecule has 300 valence electrons. The van der Waals surface area contributed by atoms with Gasteiger partial charge in [-0.3, -0.25) is 4.98 Å². The van der Waals surface area contributed by atoms with E-state index in [0.717, 1.165) is 45.5 Å². The molecule has 6 nitrogen and oxygen atoms in total. The zero-order chi connectivity index (χ0) is 40.3. The minimum absolute atomic E-state index is 0.229. The number of pyridine rings is 1. The topological polar surface area (TPSA) is 59.0 Å². The van der Waals surface area contributed by atoms with Crippen molar-refractivity contribution in [2.45, 2.75) is 82.9 Å². The molecule has 1 saturated heterocycles. The summed E-state index contributed by atoms with van der Waals surface area (Å²) >= 11 is 0. The van der Waals surface area contributed by atoms with E-state index >= 15 is 0 Å². The lowest BCUT2D eigenvalue weighted by molar-refractivity contribution is -0.275. The fourth-order valence-corrected chi connectivity index (χ4v) is 7.52. The molecule has 1 aromatic heterocycles. The molecule has 0 bridgehead atoms. The van der Waals surface area contributed by atoms with E-state index in [4.69, 9.17) is 23.7 Å². The van der Waals surface area contributed by atoms with Gasteiger partial charge < -0.3 is 23.7 Å². The molecule has 0 N–H and O–H groups in total. The van der Waals surface area contributed by atoms with Gasteiger partial charge in [0.2, 0.25) is 0 Å². The van der Waals surface area contributed by atoms with Gasteiger partial charge in [-0.25, -0.2) is 0 Å². The van der Waals surface area contributed by atoms with Crippen LogP contribution in [-0.4, -0.2) is 42.1 Å². The second kappa shape index (κ2) is 19.5. The number of ether oxygens (including phenoxy) is 5. The molecule has 7 rings (SSSR count). The molecule has 6 atom stereocenters. The second-order valence-electron chi connectivity index (χ2n) is 14.7. The van der Waals surface area contributed by atoms with Crippen LogP contribution < -0.4 is 0 Å². The minimum atomic E-state index is -4.47. The molecule has 0 amide bonds. The Morgan fingerprint density at radius 3 is 1.62 bits per heavy atom. The number of nitrogens with zero attached hydrogens (tertiary/aromatic N) is 1. The summed E-state index contributed by atoms with van der Waals surface area (Å²) in [5.41, 5.74) is 6.00. The SMILES string of the molecule is Cc1cc(-c2cc(C(F)(F)F)ccn2)ccc1C(C)[C@H]1O[C@H](COCc2ccccc2)[C@@H](OCc2ccccc2)[C@H](OCc2ccccc2)[C@@H]1OCc1ccccc1. The van der Waals surface area contributed by atoms with Crippen molar-refractivity contribution < 1.29 is 36.9 Å². The molecule has 1 unspecified atom stereocenters. The average molecular weight is 788 g/mol. The molecule has 0 saturated carbocycles.